The van der Waals surface area contributed by atoms with Crippen LogP contribution >= 0.6 is 0 Å². The third kappa shape index (κ3) is 49.9. The van der Waals surface area contributed by atoms with Gasteiger partial charge in [-0.1, -0.05) is 175 Å². The predicted molar refractivity (Wildman–Crippen MR) is 228 cm³/mol. The Kier molecular flexibility index (Phi) is 48.0. The lowest BCUT2D eigenvalue weighted by Crippen LogP contribution is -2.08. The highest BCUT2D eigenvalue weighted by Gasteiger charge is 2.07. The van der Waals surface area contributed by atoms with Gasteiger partial charge in [0.1, 0.15) is 0 Å². The van der Waals surface area contributed by atoms with E-state index in [1.165, 1.54) is 103 Å². The summed E-state index contributed by atoms with van der Waals surface area (Å²) in [6, 6.07) is 0. The lowest BCUT2D eigenvalue weighted by atomic mass is 10.1. The Morgan fingerprint density at radius 3 is 0.618 bits per heavy atom. The first-order chi connectivity index (χ1) is 26.9. The largest absolute Gasteiger partial charge is 0.466 e. The molecule has 0 aliphatic carbocycles. The van der Waals surface area contributed by atoms with Gasteiger partial charge in [0.25, 0.3) is 0 Å². The maximum atomic E-state index is 11.7. The minimum atomic E-state index is -0.140. The number of hydrogen-bond donors (Lipinski definition) is 0. The van der Waals surface area contributed by atoms with Crippen LogP contribution in [0, 0.1) is 0 Å². The molecule has 0 heterocycles. The van der Waals surface area contributed by atoms with E-state index in [1.807, 2.05) is 0 Å². The summed E-state index contributed by atoms with van der Waals surface area (Å²) in [5.41, 5.74) is 0. The first-order valence-corrected chi connectivity index (χ1v) is 23.5. The molecular formula is C47H90O8. The second-order valence-electron chi connectivity index (χ2n) is 15.4. The molecule has 326 valence electrons. The molecule has 0 aromatic carbocycles. The van der Waals surface area contributed by atoms with Gasteiger partial charge in [-0.05, 0) is 51.4 Å². The fourth-order valence-corrected chi connectivity index (χ4v) is 6.17. The monoisotopic (exact) mass is 783 g/mol. The molecular weight excluding hydrogens is 693 g/mol. The number of ether oxygens (including phenoxy) is 4. The molecule has 0 rings (SSSR count). The molecule has 0 aliphatic rings. The van der Waals surface area contributed by atoms with Crippen LogP contribution < -0.4 is 0 Å². The summed E-state index contributed by atoms with van der Waals surface area (Å²) in [7, 11) is 0. The Morgan fingerprint density at radius 2 is 0.400 bits per heavy atom. The lowest BCUT2D eigenvalue weighted by molar-refractivity contribution is -0.146. The maximum absolute atomic E-state index is 11.7. The number of esters is 4. The first kappa shape index (κ1) is 55.0. The quantitative estimate of drug-likeness (QED) is 0.0343. The van der Waals surface area contributed by atoms with Crippen molar-refractivity contribution in [3.05, 3.63) is 0 Å². The number of rotatable bonds is 41. The molecule has 8 nitrogen and oxygen atoms in total. The van der Waals surface area contributed by atoms with Gasteiger partial charge in [-0.25, -0.2) is 0 Å². The van der Waals surface area contributed by atoms with Crippen LogP contribution in [0.25, 0.3) is 0 Å². The molecule has 0 aromatic heterocycles. The van der Waals surface area contributed by atoms with E-state index in [0.29, 0.717) is 65.0 Å². The third-order valence-corrected chi connectivity index (χ3v) is 9.82. The summed E-state index contributed by atoms with van der Waals surface area (Å²) in [6.07, 6.45) is 36.9. The van der Waals surface area contributed by atoms with Crippen molar-refractivity contribution in [1.29, 1.82) is 0 Å². The zero-order valence-electron chi connectivity index (χ0n) is 36.8. The predicted octanol–water partition coefficient (Wildman–Crippen LogP) is 13.9. The van der Waals surface area contributed by atoms with Gasteiger partial charge in [-0.15, -0.1) is 0 Å². The van der Waals surface area contributed by atoms with E-state index in [-0.39, 0.29) is 23.9 Å². The number of carbonyl (C=O) groups excluding carboxylic acids is 4. The van der Waals surface area contributed by atoms with Gasteiger partial charge in [0.2, 0.25) is 0 Å². The Morgan fingerprint density at radius 1 is 0.236 bits per heavy atom. The van der Waals surface area contributed by atoms with Crippen LogP contribution in [0.15, 0.2) is 0 Å². The Bertz CT molecular complexity index is 764. The van der Waals surface area contributed by atoms with Crippen molar-refractivity contribution in [1.82, 2.24) is 0 Å². The van der Waals surface area contributed by atoms with Crippen LogP contribution in [0.1, 0.15) is 252 Å². The summed E-state index contributed by atoms with van der Waals surface area (Å²) >= 11 is 0. The van der Waals surface area contributed by atoms with Gasteiger partial charge in [0, 0.05) is 25.7 Å². The average Bonchev–Trinajstić information content (AvgIpc) is 3.18. The molecule has 0 saturated heterocycles. The molecule has 55 heavy (non-hydrogen) atoms. The summed E-state index contributed by atoms with van der Waals surface area (Å²) in [5, 5.41) is 0. The molecule has 0 atom stereocenters. The fourth-order valence-electron chi connectivity index (χ4n) is 6.17. The molecule has 0 amide bonds. The van der Waals surface area contributed by atoms with Crippen molar-refractivity contribution in [3.63, 3.8) is 0 Å². The van der Waals surface area contributed by atoms with Crippen molar-refractivity contribution in [2.75, 3.05) is 26.4 Å². The molecule has 0 saturated carbocycles. The van der Waals surface area contributed by atoms with Gasteiger partial charge in [-0.2, -0.15) is 0 Å². The maximum Gasteiger partial charge on any atom is 0.305 e. The highest BCUT2D eigenvalue weighted by Crippen LogP contribution is 2.12. The topological polar surface area (TPSA) is 105 Å². The van der Waals surface area contributed by atoms with Crippen molar-refractivity contribution >= 4 is 23.9 Å². The van der Waals surface area contributed by atoms with Crippen LogP contribution in [0.2, 0.25) is 0 Å². The van der Waals surface area contributed by atoms with E-state index in [2.05, 4.69) is 27.7 Å². The molecule has 8 heteroatoms. The van der Waals surface area contributed by atoms with E-state index in [9.17, 15) is 19.2 Å². The van der Waals surface area contributed by atoms with Crippen molar-refractivity contribution in [2.24, 2.45) is 0 Å². The molecule has 0 radical (unpaired) electrons. The summed E-state index contributed by atoms with van der Waals surface area (Å²) < 4.78 is 21.0. The Hall–Kier alpha value is -2.12. The average molecular weight is 783 g/mol. The van der Waals surface area contributed by atoms with Crippen LogP contribution in [-0.2, 0) is 38.1 Å². The summed E-state index contributed by atoms with van der Waals surface area (Å²) in [5.74, 6) is -0.397. The SMILES string of the molecule is CCCCCCCCOC(=O)CCCCC(=O)OCCCCCCCC.CCCCCCCCOC(=O)CCCCCCCC(=O)OCCCCCCCC. The molecule has 0 aromatic rings. The molecule has 0 N–H and O–H groups in total. The zero-order valence-corrected chi connectivity index (χ0v) is 36.8. The zero-order chi connectivity index (χ0) is 40.7. The van der Waals surface area contributed by atoms with E-state index in [4.69, 9.17) is 18.9 Å². The van der Waals surface area contributed by atoms with Crippen LogP contribution in [-0.4, -0.2) is 50.3 Å². The molecule has 0 bridgehead atoms. The van der Waals surface area contributed by atoms with Crippen molar-refractivity contribution < 1.29 is 38.1 Å². The molecule has 0 aliphatic heterocycles. The van der Waals surface area contributed by atoms with E-state index >= 15 is 0 Å². The fraction of sp³-hybridized carbons (Fsp3) is 0.915. The third-order valence-electron chi connectivity index (χ3n) is 9.82. The lowest BCUT2D eigenvalue weighted by Gasteiger charge is -2.06. The minimum Gasteiger partial charge on any atom is -0.466 e. The van der Waals surface area contributed by atoms with Gasteiger partial charge in [0.15, 0.2) is 0 Å². The molecule has 0 fully saturated rings. The van der Waals surface area contributed by atoms with Crippen molar-refractivity contribution in [2.45, 2.75) is 252 Å². The second-order valence-corrected chi connectivity index (χ2v) is 15.4. The van der Waals surface area contributed by atoms with Crippen LogP contribution in [0.4, 0.5) is 0 Å². The number of carbonyl (C=O) groups is 4. The number of unbranched alkanes of at least 4 members (excludes halogenated alkanes) is 25. The minimum absolute atomic E-state index is 0.0585. The summed E-state index contributed by atoms with van der Waals surface area (Å²) in [4.78, 5) is 46.6. The van der Waals surface area contributed by atoms with Gasteiger partial charge >= 0.3 is 23.9 Å². The summed E-state index contributed by atoms with van der Waals surface area (Å²) in [6.45, 7) is 11.1. The molecule has 0 unspecified atom stereocenters. The second kappa shape index (κ2) is 48.0. The van der Waals surface area contributed by atoms with Crippen LogP contribution in [0.5, 0.6) is 0 Å². The van der Waals surface area contributed by atoms with Gasteiger partial charge in [0.05, 0.1) is 26.4 Å². The van der Waals surface area contributed by atoms with Crippen LogP contribution in [0.3, 0.4) is 0 Å². The highest BCUT2D eigenvalue weighted by molar-refractivity contribution is 5.70. The standard InChI is InChI=1S/C25H48O4.C22H42O4/c1-3-5-7-9-14-18-22-28-24(26)20-16-12-11-13-17-21-25(27)29-23-19-15-10-8-6-4-2;1-3-5-7-9-11-15-19-25-21(23)17-13-14-18-22(24)26-20-16-12-10-8-6-4-2/h3-23H2,1-2H3;3-20H2,1-2H3. The smallest absolute Gasteiger partial charge is 0.305 e. The number of hydrogen-bond acceptors (Lipinski definition) is 8. The Labute approximate surface area is 340 Å². The van der Waals surface area contributed by atoms with Gasteiger partial charge in [-0.3, -0.25) is 19.2 Å². The molecule has 0 spiro atoms. The Balaban J connectivity index is 0. The van der Waals surface area contributed by atoms with E-state index in [0.717, 1.165) is 83.5 Å². The van der Waals surface area contributed by atoms with E-state index in [1.54, 1.807) is 0 Å². The van der Waals surface area contributed by atoms with Crippen molar-refractivity contribution in [3.8, 4) is 0 Å². The normalized spacial score (nSPS) is 10.8. The van der Waals surface area contributed by atoms with Gasteiger partial charge < -0.3 is 18.9 Å². The highest BCUT2D eigenvalue weighted by atomic mass is 16.5. The first-order valence-electron chi connectivity index (χ1n) is 23.5. The van der Waals surface area contributed by atoms with E-state index < -0.39 is 0 Å².